The molecule has 4 nitrogen and oxygen atoms in total. The fourth-order valence-electron chi connectivity index (χ4n) is 3.25. The van der Waals surface area contributed by atoms with Crippen LogP contribution in [0.1, 0.15) is 10.5 Å². The van der Waals surface area contributed by atoms with Crippen LogP contribution < -0.4 is 4.90 Å². The van der Waals surface area contributed by atoms with Crippen LogP contribution in [0.2, 0.25) is 0 Å². The molecule has 0 aliphatic carbocycles. The monoisotopic (exact) mass is 341 g/mol. The summed E-state index contributed by atoms with van der Waals surface area (Å²) in [4.78, 5) is 19.4. The first-order chi connectivity index (χ1) is 12.1. The van der Waals surface area contributed by atoms with Gasteiger partial charge in [0.15, 0.2) is 0 Å². The molecule has 0 unspecified atom stereocenters. The standard InChI is InChI=1S/C19H17F2N3O/c20-14-5-6-16-13(11-14)12-17(22-16)19(25)24-9-7-23(8-10-24)18-4-2-1-3-15(18)21/h1-6,11-12,22H,7-10H2. The average molecular weight is 341 g/mol. The third kappa shape index (κ3) is 2.95. The maximum atomic E-state index is 13.9. The van der Waals surface area contributed by atoms with Crippen molar-refractivity contribution in [3.8, 4) is 0 Å². The maximum Gasteiger partial charge on any atom is 0.270 e. The smallest absolute Gasteiger partial charge is 0.270 e. The number of aromatic nitrogens is 1. The second-order valence-electron chi connectivity index (χ2n) is 6.15. The predicted octanol–water partition coefficient (Wildman–Crippen LogP) is 3.41. The van der Waals surface area contributed by atoms with E-state index in [-0.39, 0.29) is 17.5 Å². The number of benzene rings is 2. The van der Waals surface area contributed by atoms with Gasteiger partial charge in [0, 0.05) is 37.1 Å². The molecule has 1 aliphatic heterocycles. The van der Waals surface area contributed by atoms with Crippen LogP contribution in [0.4, 0.5) is 14.5 Å². The molecule has 4 rings (SSSR count). The third-order valence-corrected chi connectivity index (χ3v) is 4.57. The molecule has 0 saturated carbocycles. The lowest BCUT2D eigenvalue weighted by molar-refractivity contribution is 0.0741. The van der Waals surface area contributed by atoms with Crippen molar-refractivity contribution in [3.63, 3.8) is 0 Å². The number of fused-ring (bicyclic) bond motifs is 1. The van der Waals surface area contributed by atoms with Crippen LogP contribution in [0.25, 0.3) is 10.9 Å². The molecule has 0 atom stereocenters. The number of piperazine rings is 1. The van der Waals surface area contributed by atoms with Gasteiger partial charge in [-0.2, -0.15) is 0 Å². The molecule has 2 heterocycles. The van der Waals surface area contributed by atoms with E-state index in [1.807, 2.05) is 4.90 Å². The van der Waals surface area contributed by atoms with Crippen LogP contribution in [-0.2, 0) is 0 Å². The van der Waals surface area contributed by atoms with Crippen LogP contribution in [-0.4, -0.2) is 42.0 Å². The Morgan fingerprint density at radius 1 is 0.960 bits per heavy atom. The minimum Gasteiger partial charge on any atom is -0.366 e. The first-order valence-electron chi connectivity index (χ1n) is 8.19. The van der Waals surface area contributed by atoms with Crippen LogP contribution in [0.5, 0.6) is 0 Å². The third-order valence-electron chi connectivity index (χ3n) is 4.57. The summed E-state index contributed by atoms with van der Waals surface area (Å²) < 4.78 is 27.2. The number of amides is 1. The summed E-state index contributed by atoms with van der Waals surface area (Å²) in [5, 5.41) is 0.674. The molecule has 1 fully saturated rings. The predicted molar refractivity (Wildman–Crippen MR) is 92.8 cm³/mol. The first kappa shape index (κ1) is 15.6. The molecule has 1 aliphatic rings. The summed E-state index contributed by atoms with van der Waals surface area (Å²) in [6.07, 6.45) is 0. The molecular formula is C19H17F2N3O. The van der Waals surface area contributed by atoms with Gasteiger partial charge >= 0.3 is 0 Å². The van der Waals surface area contributed by atoms with Crippen molar-refractivity contribution in [1.29, 1.82) is 0 Å². The normalized spacial score (nSPS) is 15.0. The van der Waals surface area contributed by atoms with E-state index in [1.165, 1.54) is 18.2 Å². The summed E-state index contributed by atoms with van der Waals surface area (Å²) in [7, 11) is 0. The Bertz CT molecular complexity index is 929. The van der Waals surface area contributed by atoms with E-state index < -0.39 is 0 Å². The summed E-state index contributed by atoms with van der Waals surface area (Å²) in [6.45, 7) is 2.16. The van der Waals surface area contributed by atoms with E-state index in [1.54, 1.807) is 35.2 Å². The van der Waals surface area contributed by atoms with Crippen molar-refractivity contribution in [2.45, 2.75) is 0 Å². The molecule has 1 amide bonds. The molecule has 1 aromatic heterocycles. The highest BCUT2D eigenvalue weighted by Gasteiger charge is 2.24. The van der Waals surface area contributed by atoms with E-state index in [0.717, 1.165) is 5.52 Å². The number of H-pyrrole nitrogens is 1. The fraction of sp³-hybridized carbons (Fsp3) is 0.211. The minimum atomic E-state index is -0.330. The number of nitrogens with one attached hydrogen (secondary N) is 1. The maximum absolute atomic E-state index is 13.9. The number of halogens is 2. The Labute approximate surface area is 143 Å². The van der Waals surface area contributed by atoms with Gasteiger partial charge in [-0.3, -0.25) is 4.79 Å². The second-order valence-corrected chi connectivity index (χ2v) is 6.15. The SMILES string of the molecule is O=C(c1cc2cc(F)ccc2[nH]1)N1CCN(c2ccccc2F)CC1. The molecule has 1 N–H and O–H groups in total. The Morgan fingerprint density at radius 3 is 2.48 bits per heavy atom. The zero-order valence-electron chi connectivity index (χ0n) is 13.5. The van der Waals surface area contributed by atoms with Gasteiger partial charge in [-0.1, -0.05) is 12.1 Å². The van der Waals surface area contributed by atoms with Gasteiger partial charge in [-0.05, 0) is 36.4 Å². The molecule has 0 bridgehead atoms. The van der Waals surface area contributed by atoms with Gasteiger partial charge in [0.1, 0.15) is 17.3 Å². The first-order valence-corrected chi connectivity index (χ1v) is 8.19. The lowest BCUT2D eigenvalue weighted by atomic mass is 10.2. The highest BCUT2D eigenvalue weighted by atomic mass is 19.1. The molecule has 6 heteroatoms. The van der Waals surface area contributed by atoms with Crippen LogP contribution >= 0.6 is 0 Å². The summed E-state index contributed by atoms with van der Waals surface area (Å²) in [5.74, 6) is -0.700. The topological polar surface area (TPSA) is 39.3 Å². The average Bonchev–Trinajstić information content (AvgIpc) is 3.05. The molecule has 0 spiro atoms. The van der Waals surface area contributed by atoms with E-state index in [2.05, 4.69) is 4.98 Å². The molecule has 128 valence electrons. The molecule has 2 aromatic carbocycles. The highest BCUT2D eigenvalue weighted by molar-refractivity contribution is 5.98. The zero-order valence-corrected chi connectivity index (χ0v) is 13.5. The highest BCUT2D eigenvalue weighted by Crippen LogP contribution is 2.22. The number of rotatable bonds is 2. The molecule has 0 radical (unpaired) electrons. The Kier molecular flexibility index (Phi) is 3.87. The van der Waals surface area contributed by atoms with E-state index in [4.69, 9.17) is 0 Å². The summed E-state index contributed by atoms with van der Waals surface area (Å²) >= 11 is 0. The van der Waals surface area contributed by atoms with Gasteiger partial charge in [0.2, 0.25) is 0 Å². The number of carbonyl (C=O) groups excluding carboxylic acids is 1. The molecule has 1 saturated heterocycles. The number of aromatic amines is 1. The summed E-state index contributed by atoms with van der Waals surface area (Å²) in [6, 6.07) is 12.7. The summed E-state index contributed by atoms with van der Waals surface area (Å²) in [5.41, 5.74) is 1.74. The van der Waals surface area contributed by atoms with E-state index in [9.17, 15) is 13.6 Å². The van der Waals surface area contributed by atoms with Gasteiger partial charge in [-0.25, -0.2) is 8.78 Å². The van der Waals surface area contributed by atoms with Crippen LogP contribution in [0.3, 0.4) is 0 Å². The zero-order chi connectivity index (χ0) is 17.4. The van der Waals surface area contributed by atoms with Gasteiger partial charge in [0.05, 0.1) is 5.69 Å². The van der Waals surface area contributed by atoms with Crippen molar-refractivity contribution in [2.24, 2.45) is 0 Å². The van der Waals surface area contributed by atoms with Crippen molar-refractivity contribution in [1.82, 2.24) is 9.88 Å². The number of carbonyl (C=O) groups is 1. The number of hydrogen-bond donors (Lipinski definition) is 1. The Morgan fingerprint density at radius 2 is 1.72 bits per heavy atom. The van der Waals surface area contributed by atoms with E-state index >= 15 is 0 Å². The fourth-order valence-corrected chi connectivity index (χ4v) is 3.25. The van der Waals surface area contributed by atoms with Crippen LogP contribution in [0, 0.1) is 11.6 Å². The van der Waals surface area contributed by atoms with Crippen LogP contribution in [0.15, 0.2) is 48.5 Å². The largest absolute Gasteiger partial charge is 0.366 e. The lowest BCUT2D eigenvalue weighted by Crippen LogP contribution is -2.49. The molecular weight excluding hydrogens is 324 g/mol. The van der Waals surface area contributed by atoms with Crippen molar-refractivity contribution >= 4 is 22.5 Å². The van der Waals surface area contributed by atoms with Crippen molar-refractivity contribution in [2.75, 3.05) is 31.1 Å². The number of para-hydroxylation sites is 1. The number of anilines is 1. The lowest BCUT2D eigenvalue weighted by Gasteiger charge is -2.36. The van der Waals surface area contributed by atoms with Gasteiger partial charge in [-0.15, -0.1) is 0 Å². The van der Waals surface area contributed by atoms with Crippen molar-refractivity contribution in [3.05, 3.63) is 65.9 Å². The molecule has 3 aromatic rings. The van der Waals surface area contributed by atoms with E-state index in [0.29, 0.717) is 42.9 Å². The quantitative estimate of drug-likeness (QED) is 0.776. The Balaban J connectivity index is 1.48. The van der Waals surface area contributed by atoms with Gasteiger partial charge in [0.25, 0.3) is 5.91 Å². The number of hydrogen-bond acceptors (Lipinski definition) is 2. The van der Waals surface area contributed by atoms with Gasteiger partial charge < -0.3 is 14.8 Å². The van der Waals surface area contributed by atoms with Crippen molar-refractivity contribution < 1.29 is 13.6 Å². The molecule has 25 heavy (non-hydrogen) atoms. The minimum absolute atomic E-state index is 0.121. The number of nitrogens with zero attached hydrogens (tertiary/aromatic N) is 2. The Hall–Kier alpha value is -2.89. The second kappa shape index (κ2) is 6.20.